The molecule has 35 heavy (non-hydrogen) atoms. The van der Waals surface area contributed by atoms with Crippen LogP contribution in [-0.4, -0.2) is 38.4 Å². The summed E-state index contributed by atoms with van der Waals surface area (Å²) in [5.41, 5.74) is 2.09. The normalized spacial score (nSPS) is 18.1. The first-order valence-corrected chi connectivity index (χ1v) is 12.2. The third-order valence-electron chi connectivity index (χ3n) is 5.87. The number of esters is 2. The van der Waals surface area contributed by atoms with E-state index in [-0.39, 0.29) is 30.6 Å². The highest BCUT2D eigenvalue weighted by molar-refractivity contribution is 5.69. The van der Waals surface area contributed by atoms with Crippen molar-refractivity contribution < 1.29 is 28.5 Å². The Hall–Kier alpha value is -3.46. The molecule has 0 saturated heterocycles. The number of hydrogen-bond acceptors (Lipinski definition) is 6. The third-order valence-corrected chi connectivity index (χ3v) is 5.87. The largest absolute Gasteiger partial charge is 0.490 e. The van der Waals surface area contributed by atoms with E-state index in [0.29, 0.717) is 51.7 Å². The maximum absolute atomic E-state index is 11.9. The van der Waals surface area contributed by atoms with Crippen LogP contribution in [0, 0.1) is 11.8 Å². The zero-order valence-corrected chi connectivity index (χ0v) is 20.6. The van der Waals surface area contributed by atoms with Gasteiger partial charge in [-0.05, 0) is 48.2 Å². The second-order valence-electron chi connectivity index (χ2n) is 8.87. The maximum atomic E-state index is 11.9. The molecular formula is C29H34O6. The first-order chi connectivity index (χ1) is 16.9. The quantitative estimate of drug-likeness (QED) is 0.382. The molecule has 0 fully saturated rings. The van der Waals surface area contributed by atoms with Crippen molar-refractivity contribution in [2.24, 2.45) is 0 Å². The summed E-state index contributed by atoms with van der Waals surface area (Å²) in [4.78, 5) is 23.7. The fourth-order valence-corrected chi connectivity index (χ4v) is 3.70. The molecule has 6 heteroatoms. The number of carbonyl (C=O) groups is 2. The Balaban J connectivity index is 1.63. The highest BCUT2D eigenvalue weighted by Gasteiger charge is 2.23. The van der Waals surface area contributed by atoms with Crippen molar-refractivity contribution in [1.82, 2.24) is 0 Å². The lowest BCUT2D eigenvalue weighted by Crippen LogP contribution is -2.19. The molecule has 2 aromatic rings. The highest BCUT2D eigenvalue weighted by Crippen LogP contribution is 2.33. The van der Waals surface area contributed by atoms with Gasteiger partial charge in [0, 0.05) is 31.1 Å². The van der Waals surface area contributed by atoms with Gasteiger partial charge in [-0.1, -0.05) is 38.1 Å². The van der Waals surface area contributed by atoms with Crippen LogP contribution >= 0.6 is 0 Å². The molecular weight excluding hydrogens is 444 g/mol. The Morgan fingerprint density at radius 3 is 1.37 bits per heavy atom. The number of carbonyl (C=O) groups excluding carboxylic acids is 2. The molecule has 0 unspecified atom stereocenters. The summed E-state index contributed by atoms with van der Waals surface area (Å²) in [6.07, 6.45) is 3.19. The molecule has 6 nitrogen and oxygen atoms in total. The van der Waals surface area contributed by atoms with Gasteiger partial charge < -0.3 is 18.9 Å². The van der Waals surface area contributed by atoms with Gasteiger partial charge in [0.15, 0.2) is 0 Å². The topological polar surface area (TPSA) is 71.1 Å². The number of rotatable bonds is 0. The van der Waals surface area contributed by atoms with Gasteiger partial charge in [0.2, 0.25) is 0 Å². The molecule has 0 atom stereocenters. The second-order valence-corrected chi connectivity index (χ2v) is 8.87. The van der Waals surface area contributed by atoms with E-state index in [4.69, 9.17) is 18.9 Å². The lowest BCUT2D eigenvalue weighted by atomic mass is 9.78. The monoisotopic (exact) mass is 478 g/mol. The summed E-state index contributed by atoms with van der Waals surface area (Å²) >= 11 is 0. The molecule has 3 heterocycles. The van der Waals surface area contributed by atoms with Gasteiger partial charge in [-0.15, -0.1) is 11.8 Å². The predicted molar refractivity (Wildman–Crippen MR) is 133 cm³/mol. The molecule has 186 valence electrons. The van der Waals surface area contributed by atoms with Gasteiger partial charge in [0.25, 0.3) is 0 Å². The van der Waals surface area contributed by atoms with Crippen LogP contribution in [0.25, 0.3) is 0 Å². The van der Waals surface area contributed by atoms with Crippen LogP contribution in [-0.2, 0) is 24.5 Å². The Kier molecular flexibility index (Phi) is 10.0. The summed E-state index contributed by atoms with van der Waals surface area (Å²) in [6, 6.07) is 15.9. The van der Waals surface area contributed by atoms with Crippen LogP contribution in [0.15, 0.2) is 48.5 Å². The number of fused-ring (bicyclic) bond motifs is 2. The Morgan fingerprint density at radius 1 is 0.600 bits per heavy atom. The Morgan fingerprint density at radius 2 is 0.971 bits per heavy atom. The first-order valence-electron chi connectivity index (χ1n) is 12.2. The predicted octanol–water partition coefficient (Wildman–Crippen LogP) is 5.21. The summed E-state index contributed by atoms with van der Waals surface area (Å²) < 4.78 is 21.9. The average molecular weight is 479 g/mol. The SMILES string of the molecule is CC1(C)c2ccc(cc2)OCCOC(=O)CCCC#CCCCC(=O)OCCOc2ccc1cc2. The minimum absolute atomic E-state index is 0.211. The molecule has 0 radical (unpaired) electrons. The van der Waals surface area contributed by atoms with E-state index < -0.39 is 0 Å². The Bertz CT molecular complexity index is 932. The van der Waals surface area contributed by atoms with Gasteiger partial charge in [-0.25, -0.2) is 0 Å². The zero-order valence-electron chi connectivity index (χ0n) is 20.6. The van der Waals surface area contributed by atoms with E-state index >= 15 is 0 Å². The molecule has 3 aliphatic rings. The second kappa shape index (κ2) is 13.4. The molecule has 0 saturated carbocycles. The van der Waals surface area contributed by atoms with E-state index in [1.165, 1.54) is 0 Å². The van der Waals surface area contributed by atoms with Gasteiger partial charge in [0.05, 0.1) is 0 Å². The standard InChI is InChI=1S/C29H34O6/c1-29(2)23-11-15-25(16-12-23)32-19-21-34-27(30)9-7-5-3-4-6-8-10-28(31)35-22-20-33-26-17-13-24(29)14-18-26/h11-18H,5-10,19-22H2,1-2H3. The lowest BCUT2D eigenvalue weighted by molar-refractivity contribution is -0.145. The highest BCUT2D eigenvalue weighted by atomic mass is 16.6. The van der Waals surface area contributed by atoms with Crippen LogP contribution in [0.4, 0.5) is 0 Å². The minimum atomic E-state index is -0.248. The molecule has 5 rings (SSSR count). The van der Waals surface area contributed by atoms with Crippen molar-refractivity contribution in [2.75, 3.05) is 26.4 Å². The van der Waals surface area contributed by atoms with Gasteiger partial charge in [-0.2, -0.15) is 0 Å². The van der Waals surface area contributed by atoms with Crippen LogP contribution in [0.1, 0.15) is 63.5 Å². The van der Waals surface area contributed by atoms with Crippen LogP contribution in [0.3, 0.4) is 0 Å². The van der Waals surface area contributed by atoms with Crippen LogP contribution in [0.5, 0.6) is 11.5 Å². The Labute approximate surface area is 207 Å². The van der Waals surface area contributed by atoms with Crippen molar-refractivity contribution in [2.45, 2.75) is 57.8 Å². The van der Waals surface area contributed by atoms with Crippen molar-refractivity contribution in [3.8, 4) is 23.3 Å². The van der Waals surface area contributed by atoms with Crippen molar-refractivity contribution in [3.63, 3.8) is 0 Å². The van der Waals surface area contributed by atoms with E-state index in [1.807, 2.05) is 48.5 Å². The molecule has 0 spiro atoms. The lowest BCUT2D eigenvalue weighted by Gasteiger charge is -2.26. The first kappa shape index (κ1) is 26.2. The fourth-order valence-electron chi connectivity index (χ4n) is 3.70. The molecule has 0 aliphatic carbocycles. The maximum Gasteiger partial charge on any atom is 0.305 e. The minimum Gasteiger partial charge on any atom is -0.490 e. The van der Waals surface area contributed by atoms with Crippen molar-refractivity contribution in [1.29, 1.82) is 0 Å². The van der Waals surface area contributed by atoms with E-state index in [2.05, 4.69) is 25.7 Å². The molecule has 2 aromatic carbocycles. The third kappa shape index (κ3) is 8.68. The molecule has 0 N–H and O–H groups in total. The van der Waals surface area contributed by atoms with Crippen molar-refractivity contribution in [3.05, 3.63) is 59.7 Å². The summed E-state index contributed by atoms with van der Waals surface area (Å²) in [6.45, 7) is 5.36. The fraction of sp³-hybridized carbons (Fsp3) is 0.448. The smallest absolute Gasteiger partial charge is 0.305 e. The number of ether oxygens (including phenoxy) is 4. The molecule has 0 aromatic heterocycles. The van der Waals surface area contributed by atoms with Crippen LogP contribution < -0.4 is 9.47 Å². The van der Waals surface area contributed by atoms with Gasteiger partial charge in [0.1, 0.15) is 37.9 Å². The van der Waals surface area contributed by atoms with Crippen LogP contribution in [0.2, 0.25) is 0 Å². The van der Waals surface area contributed by atoms with E-state index in [1.54, 1.807) is 0 Å². The number of hydrogen-bond donors (Lipinski definition) is 0. The zero-order chi connectivity index (χ0) is 24.9. The number of benzene rings is 2. The summed E-state index contributed by atoms with van der Waals surface area (Å²) in [7, 11) is 0. The summed E-state index contributed by atoms with van der Waals surface area (Å²) in [5, 5.41) is 0. The van der Waals surface area contributed by atoms with E-state index in [9.17, 15) is 9.59 Å². The van der Waals surface area contributed by atoms with Gasteiger partial charge >= 0.3 is 11.9 Å². The molecule has 0 amide bonds. The molecule has 4 bridgehead atoms. The van der Waals surface area contributed by atoms with Gasteiger partial charge in [-0.3, -0.25) is 9.59 Å². The van der Waals surface area contributed by atoms with Crippen molar-refractivity contribution >= 4 is 11.9 Å². The van der Waals surface area contributed by atoms with E-state index in [0.717, 1.165) is 22.6 Å². The molecule has 3 aliphatic heterocycles. The summed E-state index contributed by atoms with van der Waals surface area (Å²) in [5.74, 6) is 7.04. The average Bonchev–Trinajstić information content (AvgIpc) is 2.86.